The Labute approximate surface area is 88.4 Å². The quantitative estimate of drug-likeness (QED) is 0.777. The number of carboxylic acid groups (broad SMARTS) is 1. The van der Waals surface area contributed by atoms with Crippen molar-refractivity contribution < 1.29 is 15.0 Å². The molecule has 1 aliphatic rings. The summed E-state index contributed by atoms with van der Waals surface area (Å²) in [5, 5.41) is 18.0. The number of phenols is 1. The summed E-state index contributed by atoms with van der Waals surface area (Å²) in [5.41, 5.74) is 2.35. The fourth-order valence-corrected chi connectivity index (χ4v) is 2.24. The molecule has 3 heteroatoms. The van der Waals surface area contributed by atoms with Gasteiger partial charge in [-0.2, -0.15) is 0 Å². The Morgan fingerprint density at radius 2 is 2.20 bits per heavy atom. The molecule has 0 saturated carbocycles. The largest absolute Gasteiger partial charge is 0.508 e. The van der Waals surface area contributed by atoms with Crippen LogP contribution in [0.2, 0.25) is 0 Å². The van der Waals surface area contributed by atoms with E-state index in [1.54, 1.807) is 12.1 Å². The van der Waals surface area contributed by atoms with Crippen molar-refractivity contribution in [2.24, 2.45) is 5.92 Å². The van der Waals surface area contributed by atoms with Crippen molar-refractivity contribution >= 4 is 5.97 Å². The molecule has 0 aromatic heterocycles. The number of hydrogen-bond acceptors (Lipinski definition) is 2. The fraction of sp³-hybridized carbons (Fsp3) is 0.417. The van der Waals surface area contributed by atoms with Gasteiger partial charge in [0.25, 0.3) is 0 Å². The SMILES string of the molecule is O=C(O)CC1CCc2cc(O)ccc2C1. The minimum Gasteiger partial charge on any atom is -0.508 e. The average Bonchev–Trinajstić information content (AvgIpc) is 2.17. The molecular weight excluding hydrogens is 192 g/mol. The van der Waals surface area contributed by atoms with Gasteiger partial charge in [0.2, 0.25) is 0 Å². The molecule has 1 aliphatic carbocycles. The second-order valence-electron chi connectivity index (χ2n) is 4.16. The maximum absolute atomic E-state index is 10.6. The van der Waals surface area contributed by atoms with E-state index in [0.717, 1.165) is 24.8 Å². The van der Waals surface area contributed by atoms with E-state index in [1.807, 2.05) is 6.07 Å². The van der Waals surface area contributed by atoms with Crippen LogP contribution in [0.4, 0.5) is 0 Å². The van der Waals surface area contributed by atoms with Gasteiger partial charge in [-0.15, -0.1) is 0 Å². The van der Waals surface area contributed by atoms with Gasteiger partial charge in [-0.25, -0.2) is 0 Å². The van der Waals surface area contributed by atoms with E-state index in [4.69, 9.17) is 5.11 Å². The minimum absolute atomic E-state index is 0.250. The number of aliphatic carboxylic acids is 1. The van der Waals surface area contributed by atoms with E-state index in [2.05, 4.69) is 0 Å². The van der Waals surface area contributed by atoms with Crippen molar-refractivity contribution in [2.45, 2.75) is 25.7 Å². The van der Waals surface area contributed by atoms with Crippen molar-refractivity contribution in [3.05, 3.63) is 29.3 Å². The average molecular weight is 206 g/mol. The summed E-state index contributed by atoms with van der Waals surface area (Å²) < 4.78 is 0. The molecule has 0 aliphatic heterocycles. The van der Waals surface area contributed by atoms with Gasteiger partial charge in [-0.3, -0.25) is 4.79 Å². The highest BCUT2D eigenvalue weighted by Crippen LogP contribution is 2.29. The van der Waals surface area contributed by atoms with Crippen LogP contribution in [0.3, 0.4) is 0 Å². The third-order valence-electron chi connectivity index (χ3n) is 2.98. The topological polar surface area (TPSA) is 57.5 Å². The Balaban J connectivity index is 2.13. The predicted molar refractivity (Wildman–Crippen MR) is 55.9 cm³/mol. The zero-order valence-corrected chi connectivity index (χ0v) is 8.44. The van der Waals surface area contributed by atoms with E-state index in [0.29, 0.717) is 5.75 Å². The number of carbonyl (C=O) groups is 1. The highest BCUT2D eigenvalue weighted by Gasteiger charge is 2.20. The molecule has 0 bridgehead atoms. The summed E-state index contributed by atoms with van der Waals surface area (Å²) in [4.78, 5) is 10.6. The highest BCUT2D eigenvalue weighted by atomic mass is 16.4. The number of phenolic OH excluding ortho intramolecular Hbond substituents is 1. The summed E-state index contributed by atoms with van der Waals surface area (Å²) >= 11 is 0. The van der Waals surface area contributed by atoms with Gasteiger partial charge in [0.05, 0.1) is 0 Å². The van der Waals surface area contributed by atoms with Crippen LogP contribution in [0.25, 0.3) is 0 Å². The monoisotopic (exact) mass is 206 g/mol. The summed E-state index contributed by atoms with van der Waals surface area (Å²) in [6.45, 7) is 0. The van der Waals surface area contributed by atoms with Crippen LogP contribution in [0.1, 0.15) is 24.0 Å². The van der Waals surface area contributed by atoms with Gasteiger partial charge >= 0.3 is 5.97 Å². The highest BCUT2D eigenvalue weighted by molar-refractivity contribution is 5.67. The first-order chi connectivity index (χ1) is 7.15. The van der Waals surface area contributed by atoms with Crippen molar-refractivity contribution in [3.8, 4) is 5.75 Å². The standard InChI is InChI=1S/C12H14O3/c13-11-4-3-9-5-8(6-12(14)15)1-2-10(9)7-11/h3-4,7-8,13H,1-2,5-6H2,(H,14,15). The zero-order valence-electron chi connectivity index (χ0n) is 8.44. The molecular formula is C12H14O3. The molecule has 0 heterocycles. The summed E-state index contributed by atoms with van der Waals surface area (Å²) in [6.07, 6.45) is 2.85. The molecule has 2 N–H and O–H groups in total. The molecule has 0 amide bonds. The lowest BCUT2D eigenvalue weighted by molar-refractivity contribution is -0.138. The summed E-state index contributed by atoms with van der Waals surface area (Å²) in [7, 11) is 0. The van der Waals surface area contributed by atoms with Crippen LogP contribution in [0.15, 0.2) is 18.2 Å². The zero-order chi connectivity index (χ0) is 10.8. The lowest BCUT2D eigenvalue weighted by Gasteiger charge is -2.23. The summed E-state index contributed by atoms with van der Waals surface area (Å²) in [6, 6.07) is 5.35. The number of fused-ring (bicyclic) bond motifs is 1. The van der Waals surface area contributed by atoms with Gasteiger partial charge in [-0.05, 0) is 48.4 Å². The Hall–Kier alpha value is -1.51. The maximum atomic E-state index is 10.6. The van der Waals surface area contributed by atoms with Gasteiger partial charge in [0.15, 0.2) is 0 Å². The number of aryl methyl sites for hydroxylation is 1. The van der Waals surface area contributed by atoms with Gasteiger partial charge in [0.1, 0.15) is 5.75 Å². The molecule has 0 radical (unpaired) electrons. The molecule has 15 heavy (non-hydrogen) atoms. The Morgan fingerprint density at radius 1 is 1.40 bits per heavy atom. The molecule has 1 aromatic rings. The molecule has 1 unspecified atom stereocenters. The molecule has 1 atom stereocenters. The fourth-order valence-electron chi connectivity index (χ4n) is 2.24. The first kappa shape index (κ1) is 10.0. The Morgan fingerprint density at radius 3 is 2.93 bits per heavy atom. The van der Waals surface area contributed by atoms with Crippen LogP contribution < -0.4 is 0 Å². The molecule has 3 nitrogen and oxygen atoms in total. The number of rotatable bonds is 2. The van der Waals surface area contributed by atoms with Crippen molar-refractivity contribution in [2.75, 3.05) is 0 Å². The van der Waals surface area contributed by atoms with Gasteiger partial charge in [-0.1, -0.05) is 6.07 Å². The number of benzene rings is 1. The minimum atomic E-state index is -0.720. The summed E-state index contributed by atoms with van der Waals surface area (Å²) in [5.74, 6) is -0.174. The first-order valence-corrected chi connectivity index (χ1v) is 5.17. The molecule has 1 aromatic carbocycles. The van der Waals surface area contributed by atoms with Crippen molar-refractivity contribution in [1.29, 1.82) is 0 Å². The number of carboxylic acids is 1. The van der Waals surface area contributed by atoms with E-state index in [-0.39, 0.29) is 12.3 Å². The van der Waals surface area contributed by atoms with Gasteiger partial charge < -0.3 is 10.2 Å². The van der Waals surface area contributed by atoms with E-state index in [9.17, 15) is 9.90 Å². The maximum Gasteiger partial charge on any atom is 0.303 e. The van der Waals surface area contributed by atoms with E-state index < -0.39 is 5.97 Å². The third-order valence-corrected chi connectivity index (χ3v) is 2.98. The second kappa shape index (κ2) is 3.93. The lowest BCUT2D eigenvalue weighted by atomic mass is 9.82. The van der Waals surface area contributed by atoms with Crippen LogP contribution in [-0.4, -0.2) is 16.2 Å². The molecule has 2 rings (SSSR count). The van der Waals surface area contributed by atoms with Crippen LogP contribution in [-0.2, 0) is 17.6 Å². The predicted octanol–water partition coefficient (Wildman–Crippen LogP) is 1.97. The Bertz CT molecular complexity index is 384. The normalized spacial score (nSPS) is 19.6. The Kier molecular flexibility index (Phi) is 2.62. The number of hydrogen-bond donors (Lipinski definition) is 2. The third kappa shape index (κ3) is 2.29. The molecule has 80 valence electrons. The molecule has 0 fully saturated rings. The van der Waals surface area contributed by atoms with Crippen LogP contribution in [0, 0.1) is 5.92 Å². The van der Waals surface area contributed by atoms with Gasteiger partial charge in [0, 0.05) is 6.42 Å². The van der Waals surface area contributed by atoms with Crippen molar-refractivity contribution in [3.63, 3.8) is 0 Å². The molecule has 0 spiro atoms. The van der Waals surface area contributed by atoms with Crippen LogP contribution in [0.5, 0.6) is 5.75 Å². The number of aromatic hydroxyl groups is 1. The molecule has 0 saturated heterocycles. The van der Waals surface area contributed by atoms with E-state index >= 15 is 0 Å². The van der Waals surface area contributed by atoms with Crippen molar-refractivity contribution in [1.82, 2.24) is 0 Å². The van der Waals surface area contributed by atoms with E-state index in [1.165, 1.54) is 5.56 Å². The smallest absolute Gasteiger partial charge is 0.303 e. The second-order valence-corrected chi connectivity index (χ2v) is 4.16. The first-order valence-electron chi connectivity index (χ1n) is 5.17. The van der Waals surface area contributed by atoms with Crippen LogP contribution >= 0.6 is 0 Å². The lowest BCUT2D eigenvalue weighted by Crippen LogP contribution is -2.17.